The molecule has 0 aliphatic carbocycles. The monoisotopic (exact) mass is 358 g/mol. The Morgan fingerprint density at radius 1 is 1.06 bits per heavy atom. The van der Waals surface area contributed by atoms with Gasteiger partial charge in [-0.05, 0) is 0 Å². The molecule has 7 heteroatoms. The molecular formula is C9H23Cl2NbO4+3. The molecular weight excluding hydrogens is 336 g/mol. The summed E-state index contributed by atoms with van der Waals surface area (Å²) in [4.78, 5) is 16.8. The van der Waals surface area contributed by atoms with Crippen LogP contribution < -0.4 is 0 Å². The number of ketones is 2. The van der Waals surface area contributed by atoms with Crippen molar-refractivity contribution in [2.24, 2.45) is 0 Å². The molecule has 0 aromatic rings. The van der Waals surface area contributed by atoms with Crippen molar-refractivity contribution in [1.29, 1.82) is 0 Å². The Hall–Kier alpha value is 0.450. The molecule has 0 aromatic carbocycles. The van der Waals surface area contributed by atoms with Crippen LogP contribution in [-0.4, -0.2) is 44.6 Å². The van der Waals surface area contributed by atoms with E-state index in [-0.39, 0.29) is 11.6 Å². The Balaban J connectivity index is -0.0000000677. The predicted octanol–water partition coefficient (Wildman–Crippen LogP) is 1.16. The molecule has 0 amide bonds. The minimum atomic E-state index is -0.706. The third kappa shape index (κ3) is 132. The van der Waals surface area contributed by atoms with Gasteiger partial charge in [-0.25, -0.2) is 0 Å². The number of carbonyl (C=O) groups excluding carboxylic acids is 2. The van der Waals surface area contributed by atoms with Crippen LogP contribution in [0.2, 0.25) is 0 Å². The summed E-state index contributed by atoms with van der Waals surface area (Å²) in [6.45, 7) is 7.58. The molecule has 0 fully saturated rings. The van der Waals surface area contributed by atoms with E-state index in [9.17, 15) is 0 Å². The first kappa shape index (κ1) is 25.3. The molecule has 0 atom stereocenters. The van der Waals surface area contributed by atoms with E-state index in [1.807, 2.05) is 0 Å². The van der Waals surface area contributed by atoms with Crippen LogP contribution in [0.1, 0.15) is 27.7 Å². The molecule has 0 spiro atoms. The normalized spacial score (nSPS) is 6.50. The number of halogens is 2. The third-order valence-electron chi connectivity index (χ3n) is 0.418. The predicted molar refractivity (Wildman–Crippen MR) is 69.5 cm³/mol. The molecule has 0 rings (SSSR count). The molecule has 4 nitrogen and oxygen atoms in total. The molecule has 0 aromatic heterocycles. The second kappa shape index (κ2) is 29.5. The van der Waals surface area contributed by atoms with E-state index in [4.69, 9.17) is 38.2 Å². The average Bonchev–Trinajstić information content (AvgIpc) is 2.04. The second-order valence-electron chi connectivity index (χ2n) is 2.20. The molecule has 0 aliphatic rings. The van der Waals surface area contributed by atoms with Crippen LogP contribution in [0.15, 0.2) is 0 Å². The van der Waals surface area contributed by atoms with Gasteiger partial charge in [0.1, 0.15) is 13.2 Å². The van der Waals surface area contributed by atoms with Crippen molar-refractivity contribution < 1.29 is 37.4 Å². The molecule has 16 heavy (non-hydrogen) atoms. The van der Waals surface area contributed by atoms with Gasteiger partial charge in [-0.3, -0.25) is 0 Å². The zero-order chi connectivity index (χ0) is 14.0. The van der Waals surface area contributed by atoms with Crippen molar-refractivity contribution in [2.75, 3.05) is 13.2 Å². The van der Waals surface area contributed by atoms with Crippen molar-refractivity contribution in [3.63, 3.8) is 0 Å². The average molecular weight is 359 g/mol. The van der Waals surface area contributed by atoms with Crippen molar-refractivity contribution in [3.8, 4) is 0 Å². The summed E-state index contributed by atoms with van der Waals surface area (Å²) in [5, 5.41) is 12.4. The first-order valence-corrected chi connectivity index (χ1v) is 10.1. The summed E-state index contributed by atoms with van der Waals surface area (Å²) in [5.41, 5.74) is 0. The van der Waals surface area contributed by atoms with E-state index >= 15 is 0 Å². The zero-order valence-electron chi connectivity index (χ0n) is 10.1. The molecule has 0 radical (unpaired) electrons. The molecule has 0 bridgehead atoms. The topological polar surface area (TPSA) is 88.6 Å². The Bertz CT molecular complexity index is 129. The van der Waals surface area contributed by atoms with Gasteiger partial charge < -0.3 is 19.8 Å². The maximum atomic E-state index is 8.40. The van der Waals surface area contributed by atoms with Gasteiger partial charge in [-0.15, -0.1) is 0 Å². The molecule has 0 saturated carbocycles. The van der Waals surface area contributed by atoms with Gasteiger partial charge in [0.25, 0.3) is 0 Å². The Labute approximate surface area is 114 Å². The zero-order valence-corrected chi connectivity index (χ0v) is 13.8. The molecule has 99 valence electrons. The molecule has 6 N–H and O–H groups in total. The molecule has 0 aliphatic heterocycles. The SMILES string of the molecule is CC(=[OH+])[CH-]C(C)=[OH+].CC[OH2+].CC[OH2+].[Cl][Nb][Cl]. The van der Waals surface area contributed by atoms with Crippen LogP contribution >= 0.6 is 18.4 Å². The van der Waals surface area contributed by atoms with E-state index in [1.165, 1.54) is 20.3 Å². The van der Waals surface area contributed by atoms with Crippen molar-refractivity contribution in [2.45, 2.75) is 27.7 Å². The molecule has 0 unspecified atom stereocenters. The summed E-state index contributed by atoms with van der Waals surface area (Å²) in [6, 6.07) is 0. The first-order chi connectivity index (χ1) is 7.37. The van der Waals surface area contributed by atoms with Gasteiger partial charge in [0.2, 0.25) is 0 Å². The molecule has 0 saturated heterocycles. The first-order valence-electron chi connectivity index (χ1n) is 4.48. The fourth-order valence-corrected chi connectivity index (χ4v) is 0.302. The standard InChI is InChI=1S/C5H7O2.2C2H6O.2ClH.Nb/c1-4(6)3-5(2)7;2*1-2-3;;;/h3H,1-2H3;2*3H,2H2,1H3;2*1H;/q-1;;;;;+2/p+2. The van der Waals surface area contributed by atoms with Crippen molar-refractivity contribution in [3.05, 3.63) is 6.42 Å². The van der Waals surface area contributed by atoms with Crippen LogP contribution in [0.3, 0.4) is 0 Å². The van der Waals surface area contributed by atoms with Gasteiger partial charge >= 0.3 is 36.0 Å². The van der Waals surface area contributed by atoms with Crippen LogP contribution in [0.25, 0.3) is 0 Å². The van der Waals surface area contributed by atoms with Crippen LogP contribution in [0, 0.1) is 6.42 Å². The fraction of sp³-hybridized carbons (Fsp3) is 0.667. The minimum absolute atomic E-state index is 0.125. The fourth-order valence-electron chi connectivity index (χ4n) is 0.302. The summed E-state index contributed by atoms with van der Waals surface area (Å²) in [6.07, 6.45) is 1.28. The quantitative estimate of drug-likeness (QED) is 0.307. The van der Waals surface area contributed by atoms with E-state index in [0.29, 0.717) is 13.2 Å². The Kier molecular flexibility index (Phi) is 46.8. The van der Waals surface area contributed by atoms with E-state index < -0.39 is 17.6 Å². The van der Waals surface area contributed by atoms with Crippen LogP contribution in [0.5, 0.6) is 0 Å². The third-order valence-corrected chi connectivity index (χ3v) is 0.418. The Morgan fingerprint density at radius 3 is 1.19 bits per heavy atom. The van der Waals surface area contributed by atoms with Gasteiger partial charge in [-0.2, -0.15) is 6.42 Å². The van der Waals surface area contributed by atoms with Crippen LogP contribution in [0.4, 0.5) is 0 Å². The van der Waals surface area contributed by atoms with Gasteiger partial charge in [-0.1, -0.05) is 0 Å². The maximum absolute atomic E-state index is 8.40. The van der Waals surface area contributed by atoms with Crippen molar-refractivity contribution in [1.82, 2.24) is 0 Å². The Morgan fingerprint density at radius 2 is 1.19 bits per heavy atom. The number of hydrogen-bond donors (Lipinski definition) is 0. The van der Waals surface area contributed by atoms with Gasteiger partial charge in [0.15, 0.2) is 11.6 Å². The number of rotatable bonds is 2. The summed E-state index contributed by atoms with van der Waals surface area (Å²) < 4.78 is 0. The number of hydrogen-bond acceptors (Lipinski definition) is 0. The molecule has 0 heterocycles. The second-order valence-corrected chi connectivity index (χ2v) is 5.54. The summed E-state index contributed by atoms with van der Waals surface area (Å²) in [5.74, 6) is 0.250. The summed E-state index contributed by atoms with van der Waals surface area (Å²) in [7, 11) is 9.83. The van der Waals surface area contributed by atoms with E-state index in [2.05, 4.69) is 0 Å². The van der Waals surface area contributed by atoms with Gasteiger partial charge in [0.05, 0.1) is 0 Å². The summed E-state index contributed by atoms with van der Waals surface area (Å²) >= 11 is -0.706. The van der Waals surface area contributed by atoms with Gasteiger partial charge in [0, 0.05) is 27.7 Å². The van der Waals surface area contributed by atoms with Crippen LogP contribution in [-0.2, 0) is 17.6 Å². The van der Waals surface area contributed by atoms with E-state index in [1.54, 1.807) is 13.8 Å². The van der Waals surface area contributed by atoms with Crippen molar-refractivity contribution >= 4 is 29.9 Å². The van der Waals surface area contributed by atoms with E-state index in [0.717, 1.165) is 0 Å².